The molecule has 4 fully saturated rings. The van der Waals surface area contributed by atoms with Crippen molar-refractivity contribution in [3.63, 3.8) is 0 Å². The van der Waals surface area contributed by atoms with Gasteiger partial charge in [0.05, 0.1) is 17.0 Å². The number of benzene rings is 2. The molecule has 1 amide bonds. The number of carbonyl (C=O) groups excluding carboxylic acids is 1. The summed E-state index contributed by atoms with van der Waals surface area (Å²) in [4.78, 5) is 18.1. The Balaban J connectivity index is 1.23. The molecule has 2 N–H and O–H groups in total. The fourth-order valence-corrected chi connectivity index (χ4v) is 9.23. The van der Waals surface area contributed by atoms with Crippen LogP contribution in [0.15, 0.2) is 58.4 Å². The van der Waals surface area contributed by atoms with Crippen molar-refractivity contribution in [2.24, 2.45) is 22.7 Å². The highest BCUT2D eigenvalue weighted by Crippen LogP contribution is 2.60. The van der Waals surface area contributed by atoms with Crippen molar-refractivity contribution in [1.29, 1.82) is 0 Å². The van der Waals surface area contributed by atoms with E-state index in [0.717, 1.165) is 49.4 Å². The quantitative estimate of drug-likeness (QED) is 0.312. The minimum Gasteiger partial charge on any atom is -0.358 e. The van der Waals surface area contributed by atoms with Gasteiger partial charge in [-0.1, -0.05) is 31.9 Å². The fraction of sp³-hybridized carbons (Fsp3) is 0.562. The average Bonchev–Trinajstić information content (AvgIpc) is 3.63. The van der Waals surface area contributed by atoms with E-state index in [1.165, 1.54) is 35.0 Å². The fourth-order valence-electron chi connectivity index (χ4n) is 7.44. The topological polar surface area (TPSA) is 90.9 Å². The van der Waals surface area contributed by atoms with Crippen LogP contribution in [0.2, 0.25) is 0 Å². The van der Waals surface area contributed by atoms with E-state index in [-0.39, 0.29) is 29.2 Å². The van der Waals surface area contributed by atoms with Crippen molar-refractivity contribution in [3.05, 3.63) is 65.5 Å². The molecule has 2 bridgehead atoms. The summed E-state index contributed by atoms with van der Waals surface area (Å²) < 4.78 is 82.9. The molecule has 4 saturated carbocycles. The van der Waals surface area contributed by atoms with Crippen molar-refractivity contribution in [1.82, 2.24) is 14.9 Å². The summed E-state index contributed by atoms with van der Waals surface area (Å²) in [6.07, 6.45) is 1.96. The molecule has 1 aliphatic heterocycles. The summed E-state index contributed by atoms with van der Waals surface area (Å²) in [5.41, 5.74) is -1.99. The van der Waals surface area contributed by atoms with Crippen molar-refractivity contribution in [2.75, 3.05) is 13.1 Å². The lowest BCUT2D eigenvalue weighted by Gasteiger charge is -2.46. The van der Waals surface area contributed by atoms with Crippen LogP contribution in [-0.4, -0.2) is 48.6 Å². The van der Waals surface area contributed by atoms with Gasteiger partial charge in [0.15, 0.2) is 0 Å². The molecule has 238 valence electrons. The molecule has 1 heterocycles. The molecule has 7 nitrogen and oxygen atoms in total. The predicted molar refractivity (Wildman–Crippen MR) is 158 cm³/mol. The van der Waals surface area contributed by atoms with E-state index in [0.29, 0.717) is 50.3 Å². The Morgan fingerprint density at radius 2 is 1.75 bits per heavy atom. The zero-order valence-corrected chi connectivity index (χ0v) is 25.5. The van der Waals surface area contributed by atoms with Crippen molar-refractivity contribution < 1.29 is 30.8 Å². The van der Waals surface area contributed by atoms with Gasteiger partial charge >= 0.3 is 6.18 Å². The first-order valence-electron chi connectivity index (χ1n) is 15.4. The van der Waals surface area contributed by atoms with E-state index in [4.69, 9.17) is 4.99 Å². The van der Waals surface area contributed by atoms with E-state index in [1.807, 2.05) is 6.92 Å². The van der Waals surface area contributed by atoms with Gasteiger partial charge in [-0.25, -0.2) is 12.8 Å². The minimum absolute atomic E-state index is 0.0483. The first-order chi connectivity index (χ1) is 20.8. The van der Waals surface area contributed by atoms with Crippen LogP contribution in [0.1, 0.15) is 69.4 Å². The van der Waals surface area contributed by atoms with Crippen molar-refractivity contribution in [2.45, 2.75) is 87.0 Å². The monoisotopic (exact) mass is 634 g/mol. The third kappa shape index (κ3) is 5.63. The number of nitrogens with zero attached hydrogens (tertiary/aromatic N) is 2. The summed E-state index contributed by atoms with van der Waals surface area (Å²) in [7, 11) is -4.14. The number of aliphatic imine (C=N–C) groups is 1. The Labute approximate surface area is 255 Å². The Morgan fingerprint density at radius 1 is 1.07 bits per heavy atom. The number of amidine groups is 1. The van der Waals surface area contributed by atoms with Gasteiger partial charge in [0, 0.05) is 24.5 Å². The van der Waals surface area contributed by atoms with Crippen LogP contribution in [0.4, 0.5) is 17.6 Å². The Kier molecular flexibility index (Phi) is 8.05. The second-order valence-corrected chi connectivity index (χ2v) is 14.9. The molecule has 12 heteroatoms. The summed E-state index contributed by atoms with van der Waals surface area (Å²) in [6.45, 7) is 2.89. The standard InChI is InChI=1S/C32H38F4N4O3S/c1-2-14-31(29(41)37-18-21-4-3-5-21)20-38-28(39-31)27-17-30(15-23(27)16-30)40(44(42,43)26-12-10-25(33)11-13-26)19-22-6-8-24(9-7-22)32(34,35)36/h6-13,21,23,27H,2-5,14-20H2,1H3,(H,37,41)(H,38,39). The van der Waals surface area contributed by atoms with Crippen molar-refractivity contribution in [3.8, 4) is 0 Å². The van der Waals surface area contributed by atoms with Gasteiger partial charge in [-0.2, -0.15) is 17.5 Å². The van der Waals surface area contributed by atoms with Crippen LogP contribution < -0.4 is 10.6 Å². The average molecular weight is 635 g/mol. The largest absolute Gasteiger partial charge is 0.416 e. The maximum absolute atomic E-state index is 14.1. The first-order valence-corrected chi connectivity index (χ1v) is 16.8. The van der Waals surface area contributed by atoms with Gasteiger partial charge in [0.1, 0.15) is 17.2 Å². The molecule has 7 rings (SSSR count). The molecular weight excluding hydrogens is 596 g/mol. The summed E-state index contributed by atoms with van der Waals surface area (Å²) >= 11 is 0. The Hall–Kier alpha value is -2.99. The van der Waals surface area contributed by atoms with Crippen LogP contribution in [0, 0.1) is 23.6 Å². The first kappa shape index (κ1) is 31.0. The zero-order chi connectivity index (χ0) is 31.3. The van der Waals surface area contributed by atoms with Crippen molar-refractivity contribution >= 4 is 21.8 Å². The number of alkyl halides is 3. The highest BCUT2D eigenvalue weighted by Gasteiger charge is 2.63. The number of nitrogens with one attached hydrogen (secondary N) is 2. The van der Waals surface area contributed by atoms with Crippen LogP contribution in [0.25, 0.3) is 0 Å². The molecule has 0 spiro atoms. The van der Waals surface area contributed by atoms with Gasteiger partial charge in [0.25, 0.3) is 0 Å². The van der Waals surface area contributed by atoms with E-state index >= 15 is 0 Å². The summed E-state index contributed by atoms with van der Waals surface area (Å²) in [6, 6.07) is 9.12. The lowest BCUT2D eigenvalue weighted by molar-refractivity contribution is -0.137. The number of fused-ring (bicyclic) bond motifs is 1. The molecule has 0 saturated heterocycles. The van der Waals surface area contributed by atoms with Crippen LogP contribution in [0.3, 0.4) is 0 Å². The third-order valence-electron chi connectivity index (χ3n) is 10.1. The zero-order valence-electron chi connectivity index (χ0n) is 24.7. The molecule has 0 radical (unpaired) electrons. The molecule has 5 aliphatic rings. The molecule has 4 aliphatic carbocycles. The molecule has 0 aromatic heterocycles. The van der Waals surface area contributed by atoms with E-state index in [2.05, 4.69) is 10.6 Å². The molecular formula is C32H38F4N4O3S. The lowest BCUT2D eigenvalue weighted by atomic mass is 9.76. The Morgan fingerprint density at radius 3 is 2.34 bits per heavy atom. The van der Waals surface area contributed by atoms with E-state index in [1.54, 1.807) is 0 Å². The predicted octanol–water partition coefficient (Wildman–Crippen LogP) is 5.66. The maximum Gasteiger partial charge on any atom is 0.416 e. The normalized spacial score (nSPS) is 28.3. The summed E-state index contributed by atoms with van der Waals surface area (Å²) in [5.74, 6) is 0.712. The van der Waals surface area contributed by atoms with Gasteiger partial charge in [-0.05, 0) is 92.3 Å². The number of hydrogen-bond donors (Lipinski definition) is 2. The molecule has 2 atom stereocenters. The SMILES string of the molecule is CCCC1(C(=O)NCC2CCC2)CN=C(C2CC3(N(Cc4ccc(C(F)(F)F)cc4)S(=O)(=O)c4ccc(F)cc4)CC2C3)N1. The van der Waals surface area contributed by atoms with E-state index < -0.39 is 38.7 Å². The number of hydrogen-bond acceptors (Lipinski definition) is 5. The molecule has 2 unspecified atom stereocenters. The van der Waals surface area contributed by atoms with Gasteiger partial charge < -0.3 is 10.6 Å². The van der Waals surface area contributed by atoms with Gasteiger partial charge in [-0.15, -0.1) is 0 Å². The highest BCUT2D eigenvalue weighted by molar-refractivity contribution is 7.89. The third-order valence-corrected chi connectivity index (χ3v) is 12.1. The number of carbonyl (C=O) groups is 1. The highest BCUT2D eigenvalue weighted by atomic mass is 32.2. The number of sulfonamides is 1. The lowest BCUT2D eigenvalue weighted by Crippen LogP contribution is -2.58. The second kappa shape index (κ2) is 11.4. The summed E-state index contributed by atoms with van der Waals surface area (Å²) in [5, 5.41) is 6.62. The number of halogens is 4. The maximum atomic E-state index is 14.1. The number of rotatable bonds is 11. The van der Waals surface area contributed by atoms with Crippen LogP contribution >= 0.6 is 0 Å². The smallest absolute Gasteiger partial charge is 0.358 e. The van der Waals surface area contributed by atoms with Crippen LogP contribution in [0.5, 0.6) is 0 Å². The van der Waals surface area contributed by atoms with Gasteiger partial charge in [0.2, 0.25) is 15.9 Å². The Bertz CT molecular complexity index is 1520. The van der Waals surface area contributed by atoms with E-state index in [9.17, 15) is 30.8 Å². The molecule has 2 aromatic carbocycles. The number of amides is 1. The molecule has 44 heavy (non-hydrogen) atoms. The minimum atomic E-state index is -4.51. The van der Waals surface area contributed by atoms with Gasteiger partial charge in [-0.3, -0.25) is 9.79 Å². The second-order valence-electron chi connectivity index (χ2n) is 13.0. The van der Waals surface area contributed by atoms with Crippen LogP contribution in [-0.2, 0) is 27.5 Å². The molecule has 2 aromatic rings.